The van der Waals surface area contributed by atoms with Crippen LogP contribution >= 0.6 is 0 Å². The molecule has 0 radical (unpaired) electrons. The fourth-order valence-corrected chi connectivity index (χ4v) is 1.81. The predicted octanol–water partition coefficient (Wildman–Crippen LogP) is 1.12. The van der Waals surface area contributed by atoms with Crippen LogP contribution in [0.1, 0.15) is 6.42 Å². The Labute approximate surface area is 122 Å². The lowest BCUT2D eigenvalue weighted by molar-refractivity contribution is -0.121. The second-order valence-electron chi connectivity index (χ2n) is 4.30. The van der Waals surface area contributed by atoms with Crippen molar-refractivity contribution in [2.75, 3.05) is 20.3 Å². The average molecular weight is 288 g/mol. The van der Waals surface area contributed by atoms with Gasteiger partial charge in [-0.25, -0.2) is 4.99 Å². The molecule has 0 aromatic heterocycles. The summed E-state index contributed by atoms with van der Waals surface area (Å²) >= 11 is 0. The van der Waals surface area contributed by atoms with Crippen molar-refractivity contribution in [1.82, 2.24) is 5.32 Å². The number of ether oxygens (including phenoxy) is 2. The zero-order valence-corrected chi connectivity index (χ0v) is 11.7. The van der Waals surface area contributed by atoms with E-state index in [1.54, 1.807) is 19.2 Å². The van der Waals surface area contributed by atoms with E-state index in [9.17, 15) is 9.59 Å². The van der Waals surface area contributed by atoms with Gasteiger partial charge in [0.15, 0.2) is 11.5 Å². The normalized spacial score (nSPS) is 13.6. The summed E-state index contributed by atoms with van der Waals surface area (Å²) < 4.78 is 10.7. The van der Waals surface area contributed by atoms with Gasteiger partial charge in [-0.3, -0.25) is 9.59 Å². The highest BCUT2D eigenvalue weighted by molar-refractivity contribution is 6.06. The fraction of sp³-hybridized carbons (Fsp3) is 0.267. The molecule has 2 amide bonds. The standard InChI is InChI=1S/C15H16N2O4/c1-20-12-4-2-3-5-13(12)21-9-8-17-15(19)11-6-7-16-14(18)10-11/h2-7H,8-10H2,1H3,(H,17,19). The van der Waals surface area contributed by atoms with Crippen LogP contribution in [-0.2, 0) is 9.59 Å². The molecule has 6 nitrogen and oxygen atoms in total. The molecule has 0 fully saturated rings. The molecule has 0 aliphatic carbocycles. The molecule has 21 heavy (non-hydrogen) atoms. The van der Waals surface area contributed by atoms with Crippen LogP contribution in [-0.4, -0.2) is 38.3 Å². The zero-order chi connectivity index (χ0) is 15.1. The Balaban J connectivity index is 1.77. The lowest BCUT2D eigenvalue weighted by Gasteiger charge is -2.12. The molecule has 0 bridgehead atoms. The second-order valence-corrected chi connectivity index (χ2v) is 4.30. The maximum absolute atomic E-state index is 11.8. The van der Waals surface area contributed by atoms with Crippen LogP contribution in [0.15, 0.2) is 40.9 Å². The zero-order valence-electron chi connectivity index (χ0n) is 11.7. The van der Waals surface area contributed by atoms with Crippen molar-refractivity contribution in [1.29, 1.82) is 0 Å². The minimum absolute atomic E-state index is 0.0374. The first-order valence-electron chi connectivity index (χ1n) is 6.51. The number of dihydropyridines is 1. The summed E-state index contributed by atoms with van der Waals surface area (Å²) in [4.78, 5) is 26.5. The van der Waals surface area contributed by atoms with Gasteiger partial charge >= 0.3 is 0 Å². The molecule has 0 atom stereocenters. The van der Waals surface area contributed by atoms with Gasteiger partial charge in [-0.1, -0.05) is 12.1 Å². The van der Waals surface area contributed by atoms with Gasteiger partial charge in [0.1, 0.15) is 6.61 Å². The molecule has 0 spiro atoms. The van der Waals surface area contributed by atoms with Crippen LogP contribution in [0.4, 0.5) is 0 Å². The molecule has 1 aromatic rings. The van der Waals surface area contributed by atoms with E-state index in [1.165, 1.54) is 12.3 Å². The third-order valence-electron chi connectivity index (χ3n) is 2.84. The number of para-hydroxylation sites is 2. The molecule has 1 heterocycles. The van der Waals surface area contributed by atoms with Crippen molar-refractivity contribution < 1.29 is 19.1 Å². The number of hydrogen-bond donors (Lipinski definition) is 1. The van der Waals surface area contributed by atoms with E-state index >= 15 is 0 Å². The Morgan fingerprint density at radius 2 is 2.10 bits per heavy atom. The summed E-state index contributed by atoms with van der Waals surface area (Å²) in [5.74, 6) is 0.667. The Bertz CT molecular complexity index is 593. The number of methoxy groups -OCH3 is 1. The van der Waals surface area contributed by atoms with Crippen molar-refractivity contribution in [3.05, 3.63) is 35.9 Å². The largest absolute Gasteiger partial charge is 0.493 e. The van der Waals surface area contributed by atoms with Gasteiger partial charge in [0.25, 0.3) is 0 Å². The van der Waals surface area contributed by atoms with E-state index in [0.29, 0.717) is 30.2 Å². The highest BCUT2D eigenvalue weighted by atomic mass is 16.5. The first-order valence-corrected chi connectivity index (χ1v) is 6.51. The number of benzene rings is 1. The summed E-state index contributed by atoms with van der Waals surface area (Å²) in [5, 5.41) is 2.69. The van der Waals surface area contributed by atoms with Crippen molar-refractivity contribution in [2.24, 2.45) is 4.99 Å². The Hall–Kier alpha value is -2.63. The molecule has 1 aromatic carbocycles. The summed E-state index contributed by atoms with van der Waals surface area (Å²) in [6, 6.07) is 7.28. The molecule has 0 saturated heterocycles. The van der Waals surface area contributed by atoms with Crippen LogP contribution in [0, 0.1) is 0 Å². The van der Waals surface area contributed by atoms with Gasteiger partial charge in [-0.15, -0.1) is 0 Å². The van der Waals surface area contributed by atoms with E-state index < -0.39 is 0 Å². The molecule has 1 aliphatic heterocycles. The fourth-order valence-electron chi connectivity index (χ4n) is 1.81. The number of nitrogens with zero attached hydrogens (tertiary/aromatic N) is 1. The number of aliphatic imine (C=N–C) groups is 1. The molecule has 2 rings (SSSR count). The third kappa shape index (κ3) is 4.17. The van der Waals surface area contributed by atoms with Crippen LogP contribution in [0.3, 0.4) is 0 Å². The van der Waals surface area contributed by atoms with Gasteiger partial charge in [-0.05, 0) is 18.2 Å². The Morgan fingerprint density at radius 1 is 1.33 bits per heavy atom. The van der Waals surface area contributed by atoms with Gasteiger partial charge in [0.2, 0.25) is 11.8 Å². The number of rotatable bonds is 6. The lowest BCUT2D eigenvalue weighted by Crippen LogP contribution is -2.30. The summed E-state index contributed by atoms with van der Waals surface area (Å²) in [7, 11) is 1.57. The number of hydrogen-bond acceptors (Lipinski definition) is 4. The van der Waals surface area contributed by atoms with Crippen LogP contribution in [0.5, 0.6) is 11.5 Å². The number of allylic oxidation sites excluding steroid dienone is 1. The second kappa shape index (κ2) is 7.23. The SMILES string of the molecule is COc1ccccc1OCCNC(=O)C1=CC=NC(=O)C1. The van der Waals surface area contributed by atoms with E-state index in [1.807, 2.05) is 12.1 Å². The molecular weight excluding hydrogens is 272 g/mol. The molecule has 1 aliphatic rings. The monoisotopic (exact) mass is 288 g/mol. The first-order chi connectivity index (χ1) is 10.2. The summed E-state index contributed by atoms with van der Waals surface area (Å²) in [6.45, 7) is 0.640. The van der Waals surface area contributed by atoms with Crippen molar-refractivity contribution in [2.45, 2.75) is 6.42 Å². The van der Waals surface area contributed by atoms with Gasteiger partial charge in [0, 0.05) is 11.8 Å². The van der Waals surface area contributed by atoms with Gasteiger partial charge < -0.3 is 14.8 Å². The van der Waals surface area contributed by atoms with Gasteiger partial charge in [-0.2, -0.15) is 0 Å². The van der Waals surface area contributed by atoms with Crippen molar-refractivity contribution >= 4 is 18.0 Å². The molecule has 1 N–H and O–H groups in total. The summed E-state index contributed by atoms with van der Waals surface area (Å²) in [5.41, 5.74) is 0.410. The number of amides is 2. The number of carbonyl (C=O) groups excluding carboxylic acids is 2. The van der Waals surface area contributed by atoms with Gasteiger partial charge in [0.05, 0.1) is 20.1 Å². The highest BCUT2D eigenvalue weighted by Crippen LogP contribution is 2.25. The van der Waals surface area contributed by atoms with Crippen molar-refractivity contribution in [3.8, 4) is 11.5 Å². The van der Waals surface area contributed by atoms with E-state index in [-0.39, 0.29) is 18.2 Å². The molecule has 6 heteroatoms. The van der Waals surface area contributed by atoms with Crippen LogP contribution in [0.2, 0.25) is 0 Å². The maximum atomic E-state index is 11.8. The predicted molar refractivity (Wildman–Crippen MR) is 77.7 cm³/mol. The van der Waals surface area contributed by atoms with E-state index in [0.717, 1.165) is 0 Å². The maximum Gasteiger partial charge on any atom is 0.250 e. The number of carbonyl (C=O) groups is 2. The van der Waals surface area contributed by atoms with Crippen molar-refractivity contribution in [3.63, 3.8) is 0 Å². The smallest absolute Gasteiger partial charge is 0.250 e. The van der Waals surface area contributed by atoms with E-state index in [4.69, 9.17) is 9.47 Å². The molecule has 0 saturated carbocycles. The summed E-state index contributed by atoms with van der Waals surface area (Å²) in [6.07, 6.45) is 2.92. The molecular formula is C15H16N2O4. The minimum Gasteiger partial charge on any atom is -0.493 e. The number of nitrogens with one attached hydrogen (secondary N) is 1. The molecule has 0 unspecified atom stereocenters. The quantitative estimate of drug-likeness (QED) is 0.796. The average Bonchev–Trinajstić information content (AvgIpc) is 2.51. The Morgan fingerprint density at radius 3 is 2.81 bits per heavy atom. The van der Waals surface area contributed by atoms with E-state index in [2.05, 4.69) is 10.3 Å². The highest BCUT2D eigenvalue weighted by Gasteiger charge is 2.15. The first kappa shape index (κ1) is 14.8. The minimum atomic E-state index is -0.312. The molecule has 110 valence electrons. The van der Waals surface area contributed by atoms with Crippen LogP contribution in [0.25, 0.3) is 0 Å². The van der Waals surface area contributed by atoms with Crippen LogP contribution < -0.4 is 14.8 Å². The topological polar surface area (TPSA) is 77.0 Å². The lowest BCUT2D eigenvalue weighted by atomic mass is 10.1. The Kier molecular flexibility index (Phi) is 5.09. The third-order valence-corrected chi connectivity index (χ3v) is 2.84.